The summed E-state index contributed by atoms with van der Waals surface area (Å²) in [6.45, 7) is -0.100. The molecule has 0 aliphatic carbocycles. The maximum atomic E-state index is 13.3. The van der Waals surface area contributed by atoms with Crippen LogP contribution in [0.3, 0.4) is 0 Å². The largest absolute Gasteiger partial charge is 0.416 e. The highest BCUT2D eigenvalue weighted by atomic mass is 35.5. The number of hydrogen-bond donors (Lipinski definition) is 1. The zero-order valence-corrected chi connectivity index (χ0v) is 17.0. The molecule has 0 unspecified atom stereocenters. The van der Waals surface area contributed by atoms with Gasteiger partial charge in [0.2, 0.25) is 9.84 Å². The van der Waals surface area contributed by atoms with Gasteiger partial charge in [-0.15, -0.1) is 0 Å². The number of aromatic nitrogens is 1. The molecule has 0 bridgehead atoms. The molecule has 0 saturated carbocycles. The predicted octanol–water partition coefficient (Wildman–Crippen LogP) is 4.66. The van der Waals surface area contributed by atoms with Gasteiger partial charge in [0.05, 0.1) is 27.6 Å². The molecule has 0 aliphatic heterocycles. The monoisotopic (exact) mass is 472 g/mol. The molecular formula is C20H13ClF4N2O3S. The lowest BCUT2D eigenvalue weighted by molar-refractivity contribution is -0.137. The molecule has 0 radical (unpaired) electrons. The van der Waals surface area contributed by atoms with Crippen molar-refractivity contribution < 1.29 is 30.8 Å². The topological polar surface area (TPSA) is 76.1 Å². The Balaban J connectivity index is 1.74. The number of amides is 1. The maximum absolute atomic E-state index is 13.3. The van der Waals surface area contributed by atoms with Crippen LogP contribution in [-0.4, -0.2) is 19.3 Å². The van der Waals surface area contributed by atoms with Crippen LogP contribution in [0.5, 0.6) is 0 Å². The smallest absolute Gasteiger partial charge is 0.346 e. The minimum Gasteiger partial charge on any atom is -0.346 e. The van der Waals surface area contributed by atoms with Crippen LogP contribution in [0.15, 0.2) is 70.6 Å². The Labute approximate surface area is 179 Å². The Morgan fingerprint density at radius 2 is 1.77 bits per heavy atom. The summed E-state index contributed by atoms with van der Waals surface area (Å²) in [6, 6.07) is 9.18. The van der Waals surface area contributed by atoms with Crippen molar-refractivity contribution >= 4 is 27.3 Å². The second kappa shape index (κ2) is 8.64. The van der Waals surface area contributed by atoms with Crippen LogP contribution >= 0.6 is 11.6 Å². The van der Waals surface area contributed by atoms with Crippen molar-refractivity contribution in [2.24, 2.45) is 0 Å². The Morgan fingerprint density at radius 1 is 1.03 bits per heavy atom. The third-order valence-corrected chi connectivity index (χ3v) is 6.09. The van der Waals surface area contributed by atoms with Crippen molar-refractivity contribution in [3.63, 3.8) is 0 Å². The Hall–Kier alpha value is -2.98. The van der Waals surface area contributed by atoms with Gasteiger partial charge in [-0.05, 0) is 48.5 Å². The van der Waals surface area contributed by atoms with Crippen molar-refractivity contribution in [3.05, 3.63) is 88.5 Å². The van der Waals surface area contributed by atoms with Gasteiger partial charge in [-0.1, -0.05) is 17.7 Å². The van der Waals surface area contributed by atoms with Gasteiger partial charge in [-0.25, -0.2) is 12.8 Å². The van der Waals surface area contributed by atoms with E-state index in [1.54, 1.807) is 0 Å². The van der Waals surface area contributed by atoms with E-state index in [0.717, 1.165) is 36.5 Å². The van der Waals surface area contributed by atoms with Gasteiger partial charge < -0.3 is 5.32 Å². The highest BCUT2D eigenvalue weighted by Gasteiger charge is 2.32. The molecule has 5 nitrogen and oxygen atoms in total. The molecule has 1 aromatic heterocycles. The van der Waals surface area contributed by atoms with Crippen LogP contribution in [0.4, 0.5) is 17.6 Å². The first-order chi connectivity index (χ1) is 14.5. The fraction of sp³-hybridized carbons (Fsp3) is 0.100. The summed E-state index contributed by atoms with van der Waals surface area (Å²) in [5, 5.41) is 2.53. The van der Waals surface area contributed by atoms with E-state index in [4.69, 9.17) is 11.6 Å². The fourth-order valence-electron chi connectivity index (χ4n) is 2.61. The minimum atomic E-state index is -4.68. The Bertz CT molecular complexity index is 1210. The molecule has 0 saturated heterocycles. The van der Waals surface area contributed by atoms with Gasteiger partial charge in [0.25, 0.3) is 5.91 Å². The highest BCUT2D eigenvalue weighted by Crippen LogP contribution is 2.31. The summed E-state index contributed by atoms with van der Waals surface area (Å²) in [5.74, 6) is -1.30. The van der Waals surface area contributed by atoms with Crippen LogP contribution in [0, 0.1) is 5.82 Å². The van der Waals surface area contributed by atoms with Crippen LogP contribution in [-0.2, 0) is 22.6 Å². The molecule has 11 heteroatoms. The van der Waals surface area contributed by atoms with Crippen LogP contribution in [0.2, 0.25) is 5.02 Å². The highest BCUT2D eigenvalue weighted by molar-refractivity contribution is 7.91. The molecule has 3 rings (SSSR count). The lowest BCUT2D eigenvalue weighted by Gasteiger charge is -2.10. The summed E-state index contributed by atoms with van der Waals surface area (Å²) in [4.78, 5) is 15.2. The van der Waals surface area contributed by atoms with E-state index >= 15 is 0 Å². The SMILES string of the molecule is O=C(NCc1ccc(S(=O)(=O)c2cccc(C(F)(F)F)c2)cn1)c1cc(F)cc(Cl)c1. The fourth-order valence-corrected chi connectivity index (χ4v) is 4.08. The van der Waals surface area contributed by atoms with Gasteiger partial charge in [0, 0.05) is 16.8 Å². The van der Waals surface area contributed by atoms with E-state index in [0.29, 0.717) is 6.07 Å². The first kappa shape index (κ1) is 22.7. The third-order valence-electron chi connectivity index (χ3n) is 4.13. The molecule has 3 aromatic rings. The summed E-state index contributed by atoms with van der Waals surface area (Å²) >= 11 is 5.71. The average molecular weight is 473 g/mol. The van der Waals surface area contributed by atoms with Crippen LogP contribution in [0.1, 0.15) is 21.6 Å². The summed E-state index contributed by atoms with van der Waals surface area (Å²) in [7, 11) is -4.23. The normalized spacial score (nSPS) is 11.9. The molecule has 2 aromatic carbocycles. The van der Waals surface area contributed by atoms with Crippen LogP contribution in [0.25, 0.3) is 0 Å². The molecule has 1 N–H and O–H groups in total. The second-order valence-corrected chi connectivity index (χ2v) is 8.74. The molecule has 162 valence electrons. The van der Waals surface area contributed by atoms with Crippen molar-refractivity contribution in [1.29, 1.82) is 0 Å². The predicted molar refractivity (Wildman–Crippen MR) is 104 cm³/mol. The van der Waals surface area contributed by atoms with Crippen molar-refractivity contribution in [2.75, 3.05) is 0 Å². The number of nitrogens with zero attached hydrogens (tertiary/aromatic N) is 1. The number of carbonyl (C=O) groups excluding carboxylic acids is 1. The first-order valence-electron chi connectivity index (χ1n) is 8.58. The number of pyridine rings is 1. The molecule has 0 aliphatic rings. The van der Waals surface area contributed by atoms with Crippen molar-refractivity contribution in [2.45, 2.75) is 22.5 Å². The number of rotatable bonds is 5. The van der Waals surface area contributed by atoms with E-state index in [1.807, 2.05) is 0 Å². The molecule has 1 heterocycles. The minimum absolute atomic E-state index is 0.00579. The summed E-state index contributed by atoms with van der Waals surface area (Å²) in [6.07, 6.45) is -3.70. The van der Waals surface area contributed by atoms with E-state index in [9.17, 15) is 30.8 Å². The molecule has 31 heavy (non-hydrogen) atoms. The third kappa shape index (κ3) is 5.39. The van der Waals surface area contributed by atoms with Gasteiger partial charge in [0.1, 0.15) is 5.82 Å². The van der Waals surface area contributed by atoms with E-state index in [-0.39, 0.29) is 27.7 Å². The standard InChI is InChI=1S/C20H13ClF4N2O3S/c21-14-6-12(7-15(22)9-14)19(28)27-10-16-4-5-18(11-26-16)31(29,30)17-3-1-2-13(8-17)20(23,24)25/h1-9,11H,10H2,(H,27,28). The maximum Gasteiger partial charge on any atom is 0.416 e. The van der Waals surface area contributed by atoms with E-state index < -0.39 is 38.2 Å². The number of carbonyl (C=O) groups is 1. The van der Waals surface area contributed by atoms with E-state index in [1.165, 1.54) is 18.2 Å². The average Bonchev–Trinajstić information content (AvgIpc) is 2.71. The van der Waals surface area contributed by atoms with Gasteiger partial charge in [-0.3, -0.25) is 9.78 Å². The quantitative estimate of drug-likeness (QED) is 0.548. The van der Waals surface area contributed by atoms with E-state index in [2.05, 4.69) is 10.3 Å². The van der Waals surface area contributed by atoms with Crippen LogP contribution < -0.4 is 5.32 Å². The summed E-state index contributed by atoms with van der Waals surface area (Å²) < 4.78 is 77.1. The lowest BCUT2D eigenvalue weighted by atomic mass is 10.2. The first-order valence-corrected chi connectivity index (χ1v) is 10.4. The number of benzene rings is 2. The number of alkyl halides is 3. The molecule has 1 amide bonds. The van der Waals surface area contributed by atoms with Gasteiger partial charge in [-0.2, -0.15) is 13.2 Å². The molecule has 0 atom stereocenters. The zero-order valence-electron chi connectivity index (χ0n) is 15.5. The van der Waals surface area contributed by atoms with Crippen molar-refractivity contribution in [3.8, 4) is 0 Å². The Kier molecular flexibility index (Phi) is 6.33. The summed E-state index contributed by atoms with van der Waals surface area (Å²) in [5.41, 5.74) is -0.814. The molecule has 0 fully saturated rings. The molecule has 0 spiro atoms. The zero-order chi connectivity index (χ0) is 22.8. The number of sulfone groups is 1. The van der Waals surface area contributed by atoms with Gasteiger partial charge >= 0.3 is 6.18 Å². The van der Waals surface area contributed by atoms with Crippen molar-refractivity contribution in [1.82, 2.24) is 10.3 Å². The lowest BCUT2D eigenvalue weighted by Crippen LogP contribution is -2.23. The van der Waals surface area contributed by atoms with Gasteiger partial charge in [0.15, 0.2) is 0 Å². The number of hydrogen-bond acceptors (Lipinski definition) is 4. The Morgan fingerprint density at radius 3 is 2.39 bits per heavy atom. The number of halogens is 5. The molecular weight excluding hydrogens is 460 g/mol. The second-order valence-electron chi connectivity index (χ2n) is 6.36. The number of nitrogens with one attached hydrogen (secondary N) is 1.